The van der Waals surface area contributed by atoms with Gasteiger partial charge in [0, 0.05) is 23.5 Å². The summed E-state index contributed by atoms with van der Waals surface area (Å²) < 4.78 is 1.86. The van der Waals surface area contributed by atoms with Crippen LogP contribution >= 0.6 is 0 Å². The molecule has 5 rings (SSSR count). The number of nitrogens with zero attached hydrogens (tertiary/aromatic N) is 3. The first kappa shape index (κ1) is 26.9. The average Bonchev–Trinajstić information content (AvgIpc) is 3.33. The highest BCUT2D eigenvalue weighted by molar-refractivity contribution is 6.01. The fourth-order valence-electron chi connectivity index (χ4n) is 5.70. The highest BCUT2D eigenvalue weighted by Gasteiger charge is 2.29. The molecule has 3 N–H and O–H groups in total. The number of para-hydroxylation sites is 1. The van der Waals surface area contributed by atoms with Gasteiger partial charge in [-0.2, -0.15) is 5.26 Å². The summed E-state index contributed by atoms with van der Waals surface area (Å²) in [7, 11) is 0. The number of aliphatic carboxylic acids is 1. The molecule has 0 saturated heterocycles. The molecule has 2 aromatic carbocycles. The lowest BCUT2D eigenvalue weighted by atomic mass is 9.82. The summed E-state index contributed by atoms with van der Waals surface area (Å²) in [5.74, 6) is -0.416. The second kappa shape index (κ2) is 11.6. The van der Waals surface area contributed by atoms with Crippen molar-refractivity contribution >= 4 is 29.0 Å². The Labute approximate surface area is 233 Å². The highest BCUT2D eigenvalue weighted by atomic mass is 16.4. The molecular weight excluding hydrogens is 502 g/mol. The Bertz CT molecular complexity index is 1570. The van der Waals surface area contributed by atoms with E-state index in [1.54, 1.807) is 24.3 Å². The molecule has 1 atom stereocenters. The zero-order valence-corrected chi connectivity index (χ0v) is 22.8. The summed E-state index contributed by atoms with van der Waals surface area (Å²) in [5.41, 5.74) is 5.91. The van der Waals surface area contributed by atoms with Crippen molar-refractivity contribution in [1.29, 1.82) is 5.26 Å². The molecule has 0 radical (unpaired) electrons. The van der Waals surface area contributed by atoms with Crippen molar-refractivity contribution < 1.29 is 14.7 Å². The zero-order chi connectivity index (χ0) is 28.2. The molecule has 1 amide bonds. The van der Waals surface area contributed by atoms with Gasteiger partial charge in [0.1, 0.15) is 11.5 Å². The Morgan fingerprint density at radius 1 is 1.05 bits per heavy atom. The van der Waals surface area contributed by atoms with Crippen LogP contribution in [-0.2, 0) is 4.79 Å². The molecule has 1 unspecified atom stereocenters. The number of hydrogen-bond acceptors (Lipinski definition) is 5. The Balaban J connectivity index is 1.59. The number of amides is 1. The van der Waals surface area contributed by atoms with Crippen LogP contribution in [0.3, 0.4) is 0 Å². The van der Waals surface area contributed by atoms with Crippen molar-refractivity contribution in [3.8, 4) is 17.3 Å². The first-order valence-corrected chi connectivity index (χ1v) is 13.7. The number of anilines is 2. The SMILES string of the molecule is Cc1cccc(C)c1Nc1c(-c2ccc(C#N)cc2)nc2c(C(=O)NC(CC(=O)O)C3CCCCC3)cccn12. The highest BCUT2D eigenvalue weighted by Crippen LogP contribution is 2.35. The van der Waals surface area contributed by atoms with Crippen LogP contribution in [0.1, 0.15) is 65.6 Å². The quantitative estimate of drug-likeness (QED) is 0.241. The van der Waals surface area contributed by atoms with Crippen molar-refractivity contribution in [3.63, 3.8) is 0 Å². The third-order valence-electron chi connectivity index (χ3n) is 7.84. The minimum atomic E-state index is -0.918. The maximum absolute atomic E-state index is 13.7. The predicted molar refractivity (Wildman–Crippen MR) is 155 cm³/mol. The van der Waals surface area contributed by atoms with Gasteiger partial charge in [-0.05, 0) is 68.0 Å². The van der Waals surface area contributed by atoms with Crippen molar-refractivity contribution in [2.45, 2.75) is 58.4 Å². The molecule has 1 aliphatic rings. The average molecular weight is 536 g/mol. The molecule has 1 aliphatic carbocycles. The maximum atomic E-state index is 13.7. The molecule has 1 saturated carbocycles. The third kappa shape index (κ3) is 5.55. The number of benzene rings is 2. The molecule has 2 aromatic heterocycles. The van der Waals surface area contributed by atoms with Crippen molar-refractivity contribution in [1.82, 2.24) is 14.7 Å². The van der Waals surface area contributed by atoms with Gasteiger partial charge in [-0.25, -0.2) is 4.98 Å². The number of nitrogens with one attached hydrogen (secondary N) is 2. The molecule has 0 aliphatic heterocycles. The van der Waals surface area contributed by atoms with Gasteiger partial charge in [-0.3, -0.25) is 14.0 Å². The molecule has 1 fully saturated rings. The number of fused-ring (bicyclic) bond motifs is 1. The number of carboxylic acids is 1. The van der Waals surface area contributed by atoms with E-state index in [2.05, 4.69) is 16.7 Å². The van der Waals surface area contributed by atoms with E-state index in [4.69, 9.17) is 4.98 Å². The fraction of sp³-hybridized carbons (Fsp3) is 0.312. The van der Waals surface area contributed by atoms with Crippen LogP contribution in [0.15, 0.2) is 60.8 Å². The fourth-order valence-corrected chi connectivity index (χ4v) is 5.70. The van der Waals surface area contributed by atoms with Gasteiger partial charge in [0.2, 0.25) is 0 Å². The second-order valence-electron chi connectivity index (χ2n) is 10.6. The van der Waals surface area contributed by atoms with Gasteiger partial charge in [-0.15, -0.1) is 0 Å². The number of imidazole rings is 1. The summed E-state index contributed by atoms with van der Waals surface area (Å²) >= 11 is 0. The van der Waals surface area contributed by atoms with Gasteiger partial charge in [0.25, 0.3) is 5.91 Å². The van der Waals surface area contributed by atoms with E-state index in [1.807, 2.05) is 54.8 Å². The van der Waals surface area contributed by atoms with Crippen LogP contribution in [-0.4, -0.2) is 32.4 Å². The van der Waals surface area contributed by atoms with Crippen LogP contribution in [0.2, 0.25) is 0 Å². The van der Waals surface area contributed by atoms with Crippen LogP contribution in [0.5, 0.6) is 0 Å². The van der Waals surface area contributed by atoms with E-state index >= 15 is 0 Å². The Morgan fingerprint density at radius 3 is 2.40 bits per heavy atom. The van der Waals surface area contributed by atoms with Gasteiger partial charge in [-0.1, -0.05) is 49.6 Å². The third-order valence-corrected chi connectivity index (χ3v) is 7.84. The van der Waals surface area contributed by atoms with E-state index in [-0.39, 0.29) is 18.2 Å². The Morgan fingerprint density at radius 2 is 1.75 bits per heavy atom. The molecule has 0 bridgehead atoms. The standard InChI is InChI=1S/C32H33N5O3/c1-20-8-6-9-21(2)28(20)35-31-29(24-15-13-22(19-33)14-16-24)36-30-25(12-7-17-37(30)31)32(40)34-26(18-27(38)39)23-10-4-3-5-11-23/h6-9,12-17,23,26,35H,3-5,10-11,18H2,1-2H3,(H,34,40)(H,38,39). The Kier molecular flexibility index (Phi) is 7.83. The first-order valence-electron chi connectivity index (χ1n) is 13.7. The van der Waals surface area contributed by atoms with E-state index in [0.717, 1.165) is 54.5 Å². The van der Waals surface area contributed by atoms with Crippen LogP contribution in [0, 0.1) is 31.1 Å². The summed E-state index contributed by atoms with van der Waals surface area (Å²) in [4.78, 5) is 30.3. The van der Waals surface area contributed by atoms with Crippen LogP contribution < -0.4 is 10.6 Å². The summed E-state index contributed by atoms with van der Waals surface area (Å²) in [6.07, 6.45) is 6.83. The number of carboxylic acid groups (broad SMARTS) is 1. The number of hydrogen-bond donors (Lipinski definition) is 3. The molecule has 204 valence electrons. The monoisotopic (exact) mass is 535 g/mol. The zero-order valence-electron chi connectivity index (χ0n) is 22.8. The lowest BCUT2D eigenvalue weighted by Crippen LogP contribution is -2.42. The molecule has 2 heterocycles. The number of rotatable bonds is 8. The number of pyridine rings is 1. The number of carbonyl (C=O) groups is 2. The maximum Gasteiger partial charge on any atom is 0.305 e. The summed E-state index contributed by atoms with van der Waals surface area (Å²) in [6.45, 7) is 4.07. The topological polar surface area (TPSA) is 120 Å². The lowest BCUT2D eigenvalue weighted by molar-refractivity contribution is -0.137. The molecule has 0 spiro atoms. The largest absolute Gasteiger partial charge is 0.481 e. The van der Waals surface area contributed by atoms with Crippen molar-refractivity contribution in [2.24, 2.45) is 5.92 Å². The minimum absolute atomic E-state index is 0.107. The smallest absolute Gasteiger partial charge is 0.305 e. The van der Waals surface area contributed by atoms with Gasteiger partial charge in [0.05, 0.1) is 23.6 Å². The predicted octanol–water partition coefficient (Wildman–Crippen LogP) is 6.39. The van der Waals surface area contributed by atoms with Crippen LogP contribution in [0.25, 0.3) is 16.9 Å². The van der Waals surface area contributed by atoms with E-state index in [9.17, 15) is 20.0 Å². The van der Waals surface area contributed by atoms with E-state index in [1.165, 1.54) is 0 Å². The summed E-state index contributed by atoms with van der Waals surface area (Å²) in [5, 5.41) is 25.5. The number of aromatic nitrogens is 2. The normalized spacial score (nSPS) is 14.4. The number of aryl methyl sites for hydroxylation is 2. The van der Waals surface area contributed by atoms with E-state index in [0.29, 0.717) is 28.3 Å². The molecular formula is C32H33N5O3. The molecule has 8 nitrogen and oxygen atoms in total. The second-order valence-corrected chi connectivity index (χ2v) is 10.6. The number of nitriles is 1. The molecule has 8 heteroatoms. The van der Waals surface area contributed by atoms with Crippen molar-refractivity contribution in [2.75, 3.05) is 5.32 Å². The molecule has 4 aromatic rings. The Hall–Kier alpha value is -4.64. The number of carbonyl (C=O) groups excluding carboxylic acids is 1. The van der Waals surface area contributed by atoms with E-state index < -0.39 is 12.0 Å². The van der Waals surface area contributed by atoms with Gasteiger partial charge >= 0.3 is 5.97 Å². The van der Waals surface area contributed by atoms with Crippen molar-refractivity contribution in [3.05, 3.63) is 83.0 Å². The minimum Gasteiger partial charge on any atom is -0.481 e. The lowest BCUT2D eigenvalue weighted by Gasteiger charge is -2.30. The van der Waals surface area contributed by atoms with Gasteiger partial charge < -0.3 is 15.7 Å². The van der Waals surface area contributed by atoms with Crippen LogP contribution in [0.4, 0.5) is 11.5 Å². The first-order chi connectivity index (χ1) is 19.4. The van der Waals surface area contributed by atoms with Gasteiger partial charge in [0.15, 0.2) is 5.65 Å². The molecule has 40 heavy (non-hydrogen) atoms. The summed E-state index contributed by atoms with van der Waals surface area (Å²) in [6, 6.07) is 18.5.